The molecule has 2 aliphatic rings. The molecule has 10 heteroatoms. The van der Waals surface area contributed by atoms with Gasteiger partial charge in [-0.1, -0.05) is 29.3 Å². The smallest absolute Gasteiger partial charge is 0.217 e. The molecular formula is C23H25Cl2N5O3. The fourth-order valence-electron chi connectivity index (χ4n) is 4.15. The Hall–Kier alpha value is -2.36. The monoisotopic (exact) mass is 489 g/mol. The van der Waals surface area contributed by atoms with Crippen molar-refractivity contribution < 1.29 is 14.2 Å². The lowest BCUT2D eigenvalue weighted by Gasteiger charge is -2.29. The molecule has 0 unspecified atom stereocenters. The van der Waals surface area contributed by atoms with Crippen molar-refractivity contribution in [3.05, 3.63) is 70.7 Å². The molecule has 1 N–H and O–H groups in total. The molecule has 0 aliphatic carbocycles. The molecule has 2 atom stereocenters. The van der Waals surface area contributed by atoms with E-state index in [1.807, 2.05) is 18.2 Å². The minimum Gasteiger partial charge on any atom is -0.491 e. The van der Waals surface area contributed by atoms with E-state index >= 15 is 0 Å². The largest absolute Gasteiger partial charge is 0.491 e. The van der Waals surface area contributed by atoms with Crippen molar-refractivity contribution in [1.82, 2.24) is 20.1 Å². The highest BCUT2D eigenvalue weighted by atomic mass is 35.5. The second kappa shape index (κ2) is 9.87. The highest BCUT2D eigenvalue weighted by Gasteiger charge is 2.45. The summed E-state index contributed by atoms with van der Waals surface area (Å²) >= 11 is 12.6. The van der Waals surface area contributed by atoms with Crippen LogP contribution in [0.15, 0.2) is 55.1 Å². The predicted octanol–water partition coefficient (Wildman–Crippen LogP) is 3.34. The molecule has 5 rings (SSSR count). The average Bonchev–Trinajstić information content (AvgIpc) is 3.49. The van der Waals surface area contributed by atoms with E-state index in [2.05, 4.69) is 32.4 Å². The Labute approximate surface area is 202 Å². The number of rotatable bonds is 7. The number of hydrogen-bond acceptors (Lipinski definition) is 7. The third-order valence-electron chi connectivity index (χ3n) is 5.79. The van der Waals surface area contributed by atoms with Crippen LogP contribution in [0.2, 0.25) is 10.0 Å². The minimum atomic E-state index is -1.12. The molecule has 2 aliphatic heterocycles. The maximum Gasteiger partial charge on any atom is 0.217 e. The summed E-state index contributed by atoms with van der Waals surface area (Å²) in [5.41, 5.74) is 1.89. The molecular weight excluding hydrogens is 465 g/mol. The molecule has 0 amide bonds. The number of piperazine rings is 1. The van der Waals surface area contributed by atoms with Crippen molar-refractivity contribution in [2.24, 2.45) is 0 Å². The molecule has 1 aromatic heterocycles. The van der Waals surface area contributed by atoms with Gasteiger partial charge in [-0.05, 0) is 36.4 Å². The van der Waals surface area contributed by atoms with E-state index in [4.69, 9.17) is 37.4 Å². The van der Waals surface area contributed by atoms with Gasteiger partial charge in [-0.15, -0.1) is 0 Å². The van der Waals surface area contributed by atoms with Crippen LogP contribution in [0.25, 0.3) is 0 Å². The zero-order chi connectivity index (χ0) is 22.7. The highest BCUT2D eigenvalue weighted by Crippen LogP contribution is 2.40. The molecule has 33 heavy (non-hydrogen) atoms. The molecule has 2 saturated heterocycles. The number of hydrogen-bond donors (Lipinski definition) is 1. The first-order valence-electron chi connectivity index (χ1n) is 10.9. The zero-order valence-electron chi connectivity index (χ0n) is 18.0. The molecule has 8 nitrogen and oxygen atoms in total. The van der Waals surface area contributed by atoms with Gasteiger partial charge in [0.1, 0.15) is 37.7 Å². The van der Waals surface area contributed by atoms with Crippen LogP contribution < -0.4 is 15.0 Å². The lowest BCUT2D eigenvalue weighted by Crippen LogP contribution is -2.43. The van der Waals surface area contributed by atoms with Crippen molar-refractivity contribution >= 4 is 28.9 Å². The summed E-state index contributed by atoms with van der Waals surface area (Å²) < 4.78 is 20.3. The summed E-state index contributed by atoms with van der Waals surface area (Å²) in [5.74, 6) is -0.328. The standard InChI is InChI=1S/C23H25Cl2N5O3/c24-17-1-6-21(22(25)11-17)23(14-30-16-27-15-28-30)32-13-20(33-23)12-31-19-4-2-18(3-5-19)29-9-7-26-8-10-29/h1-6,11,15-16,20,26H,7-10,12-14H2/t20-,23-/m0/s1. The maximum absolute atomic E-state index is 6.51. The van der Waals surface area contributed by atoms with E-state index in [9.17, 15) is 0 Å². The van der Waals surface area contributed by atoms with Crippen molar-refractivity contribution in [1.29, 1.82) is 0 Å². The van der Waals surface area contributed by atoms with Gasteiger partial charge in [0, 0.05) is 42.5 Å². The van der Waals surface area contributed by atoms with Gasteiger partial charge < -0.3 is 24.4 Å². The van der Waals surface area contributed by atoms with E-state index in [0.717, 1.165) is 31.9 Å². The Kier molecular flexibility index (Phi) is 6.71. The van der Waals surface area contributed by atoms with Crippen LogP contribution in [-0.2, 0) is 21.8 Å². The first-order valence-corrected chi connectivity index (χ1v) is 11.7. The van der Waals surface area contributed by atoms with Crippen LogP contribution in [0.3, 0.4) is 0 Å². The number of halogens is 2. The minimum absolute atomic E-state index is 0.284. The summed E-state index contributed by atoms with van der Waals surface area (Å²) in [4.78, 5) is 6.38. The topological polar surface area (TPSA) is 73.7 Å². The van der Waals surface area contributed by atoms with Gasteiger partial charge in [0.2, 0.25) is 5.79 Å². The zero-order valence-corrected chi connectivity index (χ0v) is 19.5. The maximum atomic E-state index is 6.51. The van der Waals surface area contributed by atoms with E-state index in [0.29, 0.717) is 35.4 Å². The number of benzene rings is 2. The Morgan fingerprint density at radius 1 is 1.12 bits per heavy atom. The quantitative estimate of drug-likeness (QED) is 0.545. The fourth-order valence-corrected chi connectivity index (χ4v) is 4.70. The summed E-state index contributed by atoms with van der Waals surface area (Å²) in [6.07, 6.45) is 2.80. The van der Waals surface area contributed by atoms with Crippen LogP contribution in [-0.4, -0.2) is 60.3 Å². The van der Waals surface area contributed by atoms with Gasteiger partial charge >= 0.3 is 0 Å². The molecule has 3 heterocycles. The SMILES string of the molecule is Clc1ccc([C@@]2(Cn3cncn3)OC[C@H](COc3ccc(N4CCNCC4)cc3)O2)c(Cl)c1. The Bertz CT molecular complexity index is 1060. The van der Waals surface area contributed by atoms with E-state index in [1.54, 1.807) is 23.1 Å². The van der Waals surface area contributed by atoms with Crippen LogP contribution in [0.4, 0.5) is 5.69 Å². The molecule has 0 bridgehead atoms. The molecule has 2 fully saturated rings. The first kappa shape index (κ1) is 22.4. The van der Waals surface area contributed by atoms with Gasteiger partial charge in [0.25, 0.3) is 0 Å². The lowest BCUT2D eigenvalue weighted by molar-refractivity contribution is -0.190. The number of aromatic nitrogens is 3. The normalized spacial score (nSPS) is 23.1. The average molecular weight is 490 g/mol. The second-order valence-electron chi connectivity index (χ2n) is 8.06. The molecule has 2 aromatic carbocycles. The van der Waals surface area contributed by atoms with E-state index in [-0.39, 0.29) is 6.10 Å². The van der Waals surface area contributed by atoms with Crippen molar-refractivity contribution in [3.8, 4) is 5.75 Å². The Morgan fingerprint density at radius 2 is 1.94 bits per heavy atom. The molecule has 0 radical (unpaired) electrons. The summed E-state index contributed by atoms with van der Waals surface area (Å²) in [6.45, 7) is 5.02. The Balaban J connectivity index is 1.26. The lowest BCUT2D eigenvalue weighted by atomic mass is 10.1. The second-order valence-corrected chi connectivity index (χ2v) is 8.91. The molecule has 0 saturated carbocycles. The van der Waals surface area contributed by atoms with Gasteiger partial charge in [-0.3, -0.25) is 0 Å². The van der Waals surface area contributed by atoms with Gasteiger partial charge in [-0.2, -0.15) is 5.10 Å². The number of nitrogens with zero attached hydrogens (tertiary/aromatic N) is 4. The van der Waals surface area contributed by atoms with Crippen LogP contribution in [0.5, 0.6) is 5.75 Å². The number of nitrogens with one attached hydrogen (secondary N) is 1. The van der Waals surface area contributed by atoms with Gasteiger partial charge in [0.05, 0.1) is 11.6 Å². The number of ether oxygens (including phenoxy) is 3. The van der Waals surface area contributed by atoms with Gasteiger partial charge in [-0.25, -0.2) is 9.67 Å². The molecule has 0 spiro atoms. The number of anilines is 1. The summed E-state index contributed by atoms with van der Waals surface area (Å²) in [6, 6.07) is 13.4. The van der Waals surface area contributed by atoms with Crippen molar-refractivity contribution in [2.45, 2.75) is 18.4 Å². The molecule has 3 aromatic rings. The third-order valence-corrected chi connectivity index (χ3v) is 6.34. The first-order chi connectivity index (χ1) is 16.1. The van der Waals surface area contributed by atoms with E-state index < -0.39 is 5.79 Å². The predicted molar refractivity (Wildman–Crippen MR) is 126 cm³/mol. The summed E-state index contributed by atoms with van der Waals surface area (Å²) in [5, 5.41) is 8.58. The Morgan fingerprint density at radius 3 is 2.67 bits per heavy atom. The molecule has 174 valence electrons. The van der Waals surface area contributed by atoms with Crippen molar-refractivity contribution in [2.75, 3.05) is 44.3 Å². The van der Waals surface area contributed by atoms with Crippen LogP contribution in [0, 0.1) is 0 Å². The fraction of sp³-hybridized carbons (Fsp3) is 0.391. The van der Waals surface area contributed by atoms with Gasteiger partial charge in [0.15, 0.2) is 0 Å². The van der Waals surface area contributed by atoms with Crippen LogP contribution >= 0.6 is 23.2 Å². The van der Waals surface area contributed by atoms with Crippen LogP contribution in [0.1, 0.15) is 5.56 Å². The van der Waals surface area contributed by atoms with Crippen molar-refractivity contribution in [3.63, 3.8) is 0 Å². The summed E-state index contributed by atoms with van der Waals surface area (Å²) in [7, 11) is 0. The third kappa shape index (κ3) is 5.10. The van der Waals surface area contributed by atoms with E-state index in [1.165, 1.54) is 12.0 Å². The highest BCUT2D eigenvalue weighted by molar-refractivity contribution is 6.35.